The highest BCUT2D eigenvalue weighted by Gasteiger charge is 2.05. The van der Waals surface area contributed by atoms with E-state index >= 15 is 0 Å². The third-order valence-corrected chi connectivity index (χ3v) is 0.679. The summed E-state index contributed by atoms with van der Waals surface area (Å²) in [5, 5.41) is 2.38. The molecule has 0 aliphatic heterocycles. The summed E-state index contributed by atoms with van der Waals surface area (Å²) in [5.41, 5.74) is 0. The van der Waals surface area contributed by atoms with Crippen molar-refractivity contribution in [1.29, 1.82) is 0 Å². The number of hydrogen-bond acceptors (Lipinski definition) is 4. The summed E-state index contributed by atoms with van der Waals surface area (Å²) >= 11 is 3.88. The van der Waals surface area contributed by atoms with E-state index < -0.39 is 6.72 Å². The Balaban J connectivity index is 3.74. The zero-order chi connectivity index (χ0) is 6.62. The van der Waals surface area contributed by atoms with Gasteiger partial charge in [0.05, 0.1) is 0 Å². The molecule has 0 fully saturated rings. The van der Waals surface area contributed by atoms with Gasteiger partial charge in [-0.15, -0.1) is 0 Å². The first-order chi connectivity index (χ1) is 3.56. The van der Waals surface area contributed by atoms with Crippen molar-refractivity contribution in [3.63, 3.8) is 0 Å². The zero-order valence-electron chi connectivity index (χ0n) is 3.51. The lowest BCUT2D eigenvalue weighted by Crippen LogP contribution is -1.76. The summed E-state index contributed by atoms with van der Waals surface area (Å²) in [6, 6.07) is 0. The standard InChI is InChI=1S/CH2NO4PS/c3-1-2-6-7(4,5)8/h(H2,4,5,8). The van der Waals surface area contributed by atoms with Crippen LogP contribution in [0.2, 0.25) is 0 Å². The topological polar surface area (TPSA) is 79.1 Å². The molecule has 0 saturated heterocycles. The van der Waals surface area contributed by atoms with Crippen LogP contribution in [0, 0.1) is 0 Å². The van der Waals surface area contributed by atoms with Gasteiger partial charge in [-0.3, -0.25) is 0 Å². The molecule has 0 aliphatic carbocycles. The van der Waals surface area contributed by atoms with Gasteiger partial charge in [-0.25, -0.2) is 4.79 Å². The second-order valence-electron chi connectivity index (χ2n) is 0.755. The maximum absolute atomic E-state index is 9.18. The zero-order valence-corrected chi connectivity index (χ0v) is 5.22. The summed E-state index contributed by atoms with van der Waals surface area (Å²) < 4.78 is 3.62. The molecule has 0 unspecified atom stereocenters. The Labute approximate surface area is 49.8 Å². The van der Waals surface area contributed by atoms with Gasteiger partial charge < -0.3 is 14.4 Å². The minimum absolute atomic E-state index is 0.918. The molecule has 0 amide bonds. The van der Waals surface area contributed by atoms with Crippen LogP contribution in [0.15, 0.2) is 5.16 Å². The molecule has 2 N–H and O–H groups in total. The summed E-state index contributed by atoms with van der Waals surface area (Å²) in [6.45, 7) is -3.78. The number of rotatable bonds is 2. The van der Waals surface area contributed by atoms with Crippen LogP contribution >= 0.6 is 6.72 Å². The normalized spacial score (nSPS) is 9.75. The molecule has 0 aromatic rings. The maximum Gasteiger partial charge on any atom is 0.398 e. The van der Waals surface area contributed by atoms with Crippen LogP contribution in [0.25, 0.3) is 0 Å². The van der Waals surface area contributed by atoms with Gasteiger partial charge in [-0.2, -0.15) is 0 Å². The second kappa shape index (κ2) is 2.91. The van der Waals surface area contributed by atoms with Crippen molar-refractivity contribution in [1.82, 2.24) is 0 Å². The highest BCUT2D eigenvalue weighted by molar-refractivity contribution is 8.06. The Bertz CT molecular complexity index is 155. The molecular formula is CH2NO4PS. The fraction of sp³-hybridized carbons (Fsp3) is 0. The first kappa shape index (κ1) is 7.75. The Hall–Kier alpha value is -0.250. The van der Waals surface area contributed by atoms with Crippen LogP contribution in [-0.4, -0.2) is 15.9 Å². The van der Waals surface area contributed by atoms with E-state index in [1.807, 2.05) is 0 Å². The Morgan fingerprint density at radius 2 is 2.25 bits per heavy atom. The van der Waals surface area contributed by atoms with Crippen LogP contribution in [0.4, 0.5) is 0 Å². The molecule has 0 atom stereocenters. The van der Waals surface area contributed by atoms with E-state index in [2.05, 4.69) is 21.6 Å². The number of hydrogen-bond donors (Lipinski definition) is 2. The maximum atomic E-state index is 9.18. The molecule has 8 heavy (non-hydrogen) atoms. The van der Waals surface area contributed by atoms with Crippen LogP contribution in [0.5, 0.6) is 0 Å². The number of carbonyl (C=O) groups excluding carboxylic acids is 1. The van der Waals surface area contributed by atoms with Crippen molar-refractivity contribution in [2.24, 2.45) is 5.16 Å². The molecular weight excluding hydrogens is 153 g/mol. The van der Waals surface area contributed by atoms with Crippen molar-refractivity contribution < 1.29 is 19.2 Å². The quantitative estimate of drug-likeness (QED) is 0.242. The first-order valence-corrected chi connectivity index (χ1v) is 4.00. The van der Waals surface area contributed by atoms with Crippen LogP contribution < -0.4 is 0 Å². The van der Waals surface area contributed by atoms with Gasteiger partial charge in [0.1, 0.15) is 0 Å². The smallest absolute Gasteiger partial charge is 0.314 e. The lowest BCUT2D eigenvalue weighted by Gasteiger charge is -1.97. The van der Waals surface area contributed by atoms with E-state index in [0.717, 1.165) is 6.08 Å². The van der Waals surface area contributed by atoms with Gasteiger partial charge in [0.15, 0.2) is 0 Å². The molecule has 0 spiro atoms. The predicted molar refractivity (Wildman–Crippen MR) is 27.9 cm³/mol. The Morgan fingerprint density at radius 3 is 2.38 bits per heavy atom. The lowest BCUT2D eigenvalue weighted by molar-refractivity contribution is 0.263. The first-order valence-electron chi connectivity index (χ1n) is 1.38. The van der Waals surface area contributed by atoms with E-state index in [1.165, 1.54) is 0 Å². The SMILES string of the molecule is O=C=NOP(O)(O)=S. The highest BCUT2D eigenvalue weighted by Crippen LogP contribution is 2.36. The molecule has 46 valence electrons. The third-order valence-electron chi connectivity index (χ3n) is 0.184. The fourth-order valence-electron chi connectivity index (χ4n) is 0.0698. The fourth-order valence-corrected chi connectivity index (χ4v) is 0.310. The summed E-state index contributed by atoms with van der Waals surface area (Å²) in [4.78, 5) is 25.5. The average molecular weight is 155 g/mol. The van der Waals surface area contributed by atoms with Crippen molar-refractivity contribution in [2.45, 2.75) is 0 Å². The molecule has 5 nitrogen and oxygen atoms in total. The molecule has 0 aromatic carbocycles. The third kappa shape index (κ3) is 5.75. The molecule has 0 radical (unpaired) electrons. The van der Waals surface area contributed by atoms with Gasteiger partial charge >= 0.3 is 6.72 Å². The van der Waals surface area contributed by atoms with E-state index in [0.29, 0.717) is 0 Å². The Morgan fingerprint density at radius 1 is 1.75 bits per heavy atom. The molecule has 0 heterocycles. The number of nitrogens with zero attached hydrogens (tertiary/aromatic N) is 1. The van der Waals surface area contributed by atoms with Gasteiger partial charge in [-0.05, 0) is 0 Å². The van der Waals surface area contributed by atoms with Crippen molar-refractivity contribution in [3.8, 4) is 0 Å². The van der Waals surface area contributed by atoms with E-state index in [-0.39, 0.29) is 0 Å². The minimum Gasteiger partial charge on any atom is -0.314 e. The minimum atomic E-state index is -3.78. The molecule has 0 aromatic heterocycles. The Kier molecular flexibility index (Phi) is 2.82. The summed E-state index contributed by atoms with van der Waals surface area (Å²) in [6.07, 6.45) is 0.918. The molecule has 0 bridgehead atoms. The largest absolute Gasteiger partial charge is 0.398 e. The van der Waals surface area contributed by atoms with Gasteiger partial charge in [0, 0.05) is 17.0 Å². The summed E-state index contributed by atoms with van der Waals surface area (Å²) in [7, 11) is 0. The van der Waals surface area contributed by atoms with Gasteiger partial charge in [-0.1, -0.05) is 0 Å². The van der Waals surface area contributed by atoms with Crippen LogP contribution in [0.1, 0.15) is 0 Å². The molecule has 7 heteroatoms. The van der Waals surface area contributed by atoms with Gasteiger partial charge in [0.2, 0.25) is 0 Å². The molecule has 0 aliphatic rings. The van der Waals surface area contributed by atoms with Crippen molar-refractivity contribution >= 4 is 24.6 Å². The van der Waals surface area contributed by atoms with Crippen LogP contribution in [-0.2, 0) is 21.2 Å². The van der Waals surface area contributed by atoms with Crippen molar-refractivity contribution in [3.05, 3.63) is 0 Å². The van der Waals surface area contributed by atoms with Crippen molar-refractivity contribution in [2.75, 3.05) is 0 Å². The lowest BCUT2D eigenvalue weighted by atomic mass is 11.7. The molecule has 0 saturated carbocycles. The predicted octanol–water partition coefficient (Wildman–Crippen LogP) is -0.537. The average Bonchev–Trinajstić information content (AvgIpc) is 1.59. The molecule has 0 rings (SSSR count). The van der Waals surface area contributed by atoms with E-state index in [4.69, 9.17) is 9.79 Å². The summed E-state index contributed by atoms with van der Waals surface area (Å²) in [5.74, 6) is 0. The van der Waals surface area contributed by atoms with Crippen LogP contribution in [0.3, 0.4) is 0 Å². The van der Waals surface area contributed by atoms with E-state index in [1.54, 1.807) is 0 Å². The van der Waals surface area contributed by atoms with E-state index in [9.17, 15) is 4.79 Å². The number of isocyanates is 1. The second-order valence-corrected chi connectivity index (χ2v) is 3.33. The monoisotopic (exact) mass is 155 g/mol. The highest BCUT2D eigenvalue weighted by atomic mass is 32.5. The van der Waals surface area contributed by atoms with Gasteiger partial charge in [0.25, 0.3) is 6.08 Å².